The van der Waals surface area contributed by atoms with Gasteiger partial charge in [-0.3, -0.25) is 4.79 Å². The molecule has 0 aliphatic rings. The van der Waals surface area contributed by atoms with E-state index in [9.17, 15) is 9.59 Å². The first-order chi connectivity index (χ1) is 11.6. The Labute approximate surface area is 138 Å². The number of amides is 3. The zero-order valence-electron chi connectivity index (χ0n) is 12.8. The largest absolute Gasteiger partial charge is 0.351 e. The van der Waals surface area contributed by atoms with Crippen LogP contribution in [0.25, 0.3) is 5.69 Å². The first-order valence-electron chi connectivity index (χ1n) is 7.33. The van der Waals surface area contributed by atoms with Crippen molar-refractivity contribution in [2.75, 3.05) is 10.6 Å². The molecular formula is C18H16N4O2. The average molecular weight is 320 g/mol. The minimum Gasteiger partial charge on any atom is -0.351 e. The van der Waals surface area contributed by atoms with E-state index in [2.05, 4.69) is 10.6 Å². The van der Waals surface area contributed by atoms with Crippen molar-refractivity contribution in [3.8, 4) is 5.69 Å². The second-order valence-corrected chi connectivity index (χ2v) is 5.16. The van der Waals surface area contributed by atoms with E-state index in [4.69, 9.17) is 5.73 Å². The Hall–Kier alpha value is -3.54. The van der Waals surface area contributed by atoms with Gasteiger partial charge in [0.2, 0.25) is 0 Å². The molecule has 1 aromatic heterocycles. The molecule has 3 rings (SSSR count). The summed E-state index contributed by atoms with van der Waals surface area (Å²) in [6.07, 6.45) is 3.84. The zero-order valence-corrected chi connectivity index (χ0v) is 12.8. The molecule has 0 spiro atoms. The summed E-state index contributed by atoms with van der Waals surface area (Å²) in [5.41, 5.74) is 7.71. The maximum Gasteiger partial charge on any atom is 0.316 e. The van der Waals surface area contributed by atoms with Gasteiger partial charge in [0, 0.05) is 35.0 Å². The number of anilines is 2. The van der Waals surface area contributed by atoms with Crippen LogP contribution in [0.2, 0.25) is 0 Å². The molecule has 0 radical (unpaired) electrons. The predicted molar refractivity (Wildman–Crippen MR) is 93.4 cm³/mol. The summed E-state index contributed by atoms with van der Waals surface area (Å²) in [5.74, 6) is -0.209. The first-order valence-corrected chi connectivity index (χ1v) is 7.33. The number of urea groups is 1. The number of rotatable bonds is 4. The number of nitrogens with one attached hydrogen (secondary N) is 2. The molecule has 120 valence electrons. The number of carbonyl (C=O) groups excluding carboxylic acids is 2. The second kappa shape index (κ2) is 6.70. The Balaban J connectivity index is 1.73. The van der Waals surface area contributed by atoms with Crippen LogP contribution in [-0.4, -0.2) is 16.5 Å². The molecule has 3 aromatic rings. The third kappa shape index (κ3) is 3.61. The van der Waals surface area contributed by atoms with Crippen molar-refractivity contribution >= 4 is 23.3 Å². The normalized spacial score (nSPS) is 10.2. The van der Waals surface area contributed by atoms with Gasteiger partial charge in [0.25, 0.3) is 5.91 Å². The van der Waals surface area contributed by atoms with Gasteiger partial charge in [-0.15, -0.1) is 0 Å². The third-order valence-electron chi connectivity index (χ3n) is 3.42. The van der Waals surface area contributed by atoms with Crippen LogP contribution in [-0.2, 0) is 0 Å². The fourth-order valence-corrected chi connectivity index (χ4v) is 2.30. The highest BCUT2D eigenvalue weighted by atomic mass is 16.2. The molecule has 0 atom stereocenters. The van der Waals surface area contributed by atoms with Crippen molar-refractivity contribution in [1.82, 2.24) is 4.57 Å². The lowest BCUT2D eigenvalue weighted by molar-refractivity contribution is 0.102. The van der Waals surface area contributed by atoms with Crippen molar-refractivity contribution in [2.24, 2.45) is 5.73 Å². The molecule has 0 aliphatic heterocycles. The van der Waals surface area contributed by atoms with Gasteiger partial charge in [-0.05, 0) is 54.6 Å². The van der Waals surface area contributed by atoms with Crippen LogP contribution < -0.4 is 16.4 Å². The molecule has 6 nitrogen and oxygen atoms in total. The lowest BCUT2D eigenvalue weighted by atomic mass is 10.1. The van der Waals surface area contributed by atoms with Crippen molar-refractivity contribution in [2.45, 2.75) is 0 Å². The highest BCUT2D eigenvalue weighted by Gasteiger charge is 2.07. The van der Waals surface area contributed by atoms with E-state index in [0.717, 1.165) is 5.69 Å². The Bertz CT molecular complexity index is 855. The molecule has 1 heterocycles. The summed E-state index contributed by atoms with van der Waals surface area (Å²) >= 11 is 0. The first kappa shape index (κ1) is 15.4. The summed E-state index contributed by atoms with van der Waals surface area (Å²) in [7, 11) is 0. The number of nitrogens with zero attached hydrogens (tertiary/aromatic N) is 1. The van der Waals surface area contributed by atoms with Gasteiger partial charge in [-0.25, -0.2) is 4.79 Å². The summed E-state index contributed by atoms with van der Waals surface area (Å²) in [4.78, 5) is 23.2. The van der Waals surface area contributed by atoms with Gasteiger partial charge in [0.15, 0.2) is 0 Å². The van der Waals surface area contributed by atoms with E-state index in [1.165, 1.54) is 0 Å². The topological polar surface area (TPSA) is 89.2 Å². The summed E-state index contributed by atoms with van der Waals surface area (Å²) in [5, 5.41) is 5.28. The van der Waals surface area contributed by atoms with Crippen LogP contribution >= 0.6 is 0 Å². The maximum absolute atomic E-state index is 12.4. The predicted octanol–water partition coefficient (Wildman–Crippen LogP) is 3.22. The molecule has 0 fully saturated rings. The number of benzene rings is 2. The van der Waals surface area contributed by atoms with Crippen LogP contribution in [0.3, 0.4) is 0 Å². The molecule has 4 N–H and O–H groups in total. The third-order valence-corrected chi connectivity index (χ3v) is 3.42. The molecule has 0 unspecified atom stereocenters. The standard InChI is InChI=1S/C18H16N4O2/c19-18(24)21-15-8-6-14(7-9-15)20-17(23)13-4-3-5-16(12-13)22-10-1-2-11-22/h1-12H,(H,20,23)(H3,19,21,24). The molecule has 2 aromatic carbocycles. The van der Waals surface area contributed by atoms with Gasteiger partial charge in [-0.1, -0.05) is 6.07 Å². The number of hydrogen-bond acceptors (Lipinski definition) is 2. The van der Waals surface area contributed by atoms with Gasteiger partial charge < -0.3 is 20.9 Å². The Kier molecular flexibility index (Phi) is 4.29. The number of hydrogen-bond donors (Lipinski definition) is 3. The fourth-order valence-electron chi connectivity index (χ4n) is 2.30. The van der Waals surface area contributed by atoms with Crippen LogP contribution in [0.5, 0.6) is 0 Å². The van der Waals surface area contributed by atoms with E-state index in [1.54, 1.807) is 30.3 Å². The molecule has 0 aliphatic carbocycles. The molecular weight excluding hydrogens is 304 g/mol. The highest BCUT2D eigenvalue weighted by Crippen LogP contribution is 2.16. The van der Waals surface area contributed by atoms with Gasteiger partial charge in [0.1, 0.15) is 0 Å². The van der Waals surface area contributed by atoms with Gasteiger partial charge >= 0.3 is 6.03 Å². The van der Waals surface area contributed by atoms with E-state index in [0.29, 0.717) is 16.9 Å². The van der Waals surface area contributed by atoms with Crippen LogP contribution in [0.1, 0.15) is 10.4 Å². The smallest absolute Gasteiger partial charge is 0.316 e. The van der Waals surface area contributed by atoms with Crippen LogP contribution in [0.15, 0.2) is 73.1 Å². The molecule has 0 bridgehead atoms. The Morgan fingerprint density at radius 3 is 2.08 bits per heavy atom. The quantitative estimate of drug-likeness (QED) is 0.689. The van der Waals surface area contributed by atoms with Gasteiger partial charge in [0.05, 0.1) is 0 Å². The summed E-state index contributed by atoms with van der Waals surface area (Å²) in [6.45, 7) is 0. The monoisotopic (exact) mass is 320 g/mol. The highest BCUT2D eigenvalue weighted by molar-refractivity contribution is 6.04. The summed E-state index contributed by atoms with van der Waals surface area (Å²) < 4.78 is 1.93. The maximum atomic E-state index is 12.4. The van der Waals surface area contributed by atoms with E-state index < -0.39 is 6.03 Å². The lowest BCUT2D eigenvalue weighted by Gasteiger charge is -2.09. The van der Waals surface area contributed by atoms with Crippen LogP contribution in [0.4, 0.5) is 16.2 Å². The SMILES string of the molecule is NC(=O)Nc1ccc(NC(=O)c2cccc(-n3cccc3)c2)cc1. The minimum atomic E-state index is -0.631. The second-order valence-electron chi connectivity index (χ2n) is 5.16. The van der Waals surface area contributed by atoms with Gasteiger partial charge in [-0.2, -0.15) is 0 Å². The molecule has 0 saturated carbocycles. The number of nitrogens with two attached hydrogens (primary N) is 1. The fraction of sp³-hybridized carbons (Fsp3) is 0. The van der Waals surface area contributed by atoms with E-state index >= 15 is 0 Å². The van der Waals surface area contributed by atoms with Crippen molar-refractivity contribution in [3.05, 3.63) is 78.6 Å². The zero-order chi connectivity index (χ0) is 16.9. The van der Waals surface area contributed by atoms with E-state index in [1.807, 2.05) is 47.3 Å². The van der Waals surface area contributed by atoms with Crippen molar-refractivity contribution < 1.29 is 9.59 Å². The molecule has 3 amide bonds. The van der Waals surface area contributed by atoms with Crippen LogP contribution in [0, 0.1) is 0 Å². The van der Waals surface area contributed by atoms with E-state index in [-0.39, 0.29) is 5.91 Å². The Morgan fingerprint density at radius 1 is 0.833 bits per heavy atom. The van der Waals surface area contributed by atoms with Crippen molar-refractivity contribution in [3.63, 3.8) is 0 Å². The summed E-state index contributed by atoms with van der Waals surface area (Å²) in [6, 6.07) is 17.3. The number of carbonyl (C=O) groups is 2. The van der Waals surface area contributed by atoms with Crippen molar-refractivity contribution in [1.29, 1.82) is 0 Å². The molecule has 24 heavy (non-hydrogen) atoms. The minimum absolute atomic E-state index is 0.209. The lowest BCUT2D eigenvalue weighted by Crippen LogP contribution is -2.19. The Morgan fingerprint density at radius 2 is 1.46 bits per heavy atom. The average Bonchev–Trinajstić information content (AvgIpc) is 3.11. The number of primary amides is 1. The molecule has 6 heteroatoms. The molecule has 0 saturated heterocycles. The number of aromatic nitrogens is 1.